The summed E-state index contributed by atoms with van der Waals surface area (Å²) in [5, 5.41) is 13.4. The van der Waals surface area contributed by atoms with Gasteiger partial charge in [0.05, 0.1) is 42.8 Å². The summed E-state index contributed by atoms with van der Waals surface area (Å²) < 4.78 is 30.6. The summed E-state index contributed by atoms with van der Waals surface area (Å²) in [7, 11) is 1.58. The van der Waals surface area contributed by atoms with Crippen molar-refractivity contribution in [3.63, 3.8) is 0 Å². The van der Waals surface area contributed by atoms with E-state index in [0.717, 1.165) is 24.2 Å². The maximum absolute atomic E-state index is 15.7. The zero-order chi connectivity index (χ0) is 33.9. The molecular weight excluding hydrogens is 602 g/mol. The summed E-state index contributed by atoms with van der Waals surface area (Å²) in [6.45, 7) is 14.9. The summed E-state index contributed by atoms with van der Waals surface area (Å²) >= 11 is 0. The molecule has 4 fully saturated rings. The van der Waals surface area contributed by atoms with E-state index in [2.05, 4.69) is 18.7 Å². The monoisotopic (exact) mass is 653 g/mol. The third kappa shape index (κ3) is 5.21. The molecule has 1 aromatic carbocycles. The van der Waals surface area contributed by atoms with Crippen molar-refractivity contribution >= 4 is 17.7 Å². The number of Topliss-reactive ketones (excluding diaryl/α,β-unsaturated/α-hetero) is 1. The van der Waals surface area contributed by atoms with Crippen LogP contribution in [0.1, 0.15) is 71.2 Å². The number of aliphatic hydroxyl groups is 1. The van der Waals surface area contributed by atoms with E-state index >= 15 is 4.79 Å². The zero-order valence-electron chi connectivity index (χ0n) is 28.9. The van der Waals surface area contributed by atoms with E-state index in [1.165, 1.54) is 6.92 Å². The van der Waals surface area contributed by atoms with Crippen molar-refractivity contribution in [1.82, 2.24) is 4.90 Å². The van der Waals surface area contributed by atoms with Crippen molar-refractivity contribution in [2.24, 2.45) is 28.6 Å². The SMILES string of the molecule is CO[C@H]1C[C@H]2OC[C@@]2(OC(C)=O)[C@H]2[C@H](OC(=O)c3ccccc3)[C@]3(O)C[C@H](C)C(C)=C([C@@H](CCN4CCOCC4)C(=O)[C@]12C)C3(C)C. The van der Waals surface area contributed by atoms with Gasteiger partial charge in [0.15, 0.2) is 5.60 Å². The van der Waals surface area contributed by atoms with E-state index in [1.807, 2.05) is 26.8 Å². The molecule has 1 aromatic rings. The van der Waals surface area contributed by atoms with Crippen LogP contribution in [0.15, 0.2) is 41.5 Å². The molecule has 10 nitrogen and oxygen atoms in total. The number of carbonyl (C=O) groups is 3. The topological polar surface area (TPSA) is 121 Å². The summed E-state index contributed by atoms with van der Waals surface area (Å²) in [5.74, 6) is -2.80. The van der Waals surface area contributed by atoms with Crippen LogP contribution in [-0.2, 0) is 33.3 Å². The maximum atomic E-state index is 15.7. The number of ether oxygens (including phenoxy) is 5. The van der Waals surface area contributed by atoms with Crippen molar-refractivity contribution in [2.75, 3.05) is 46.6 Å². The van der Waals surface area contributed by atoms with E-state index < -0.39 is 64.1 Å². The summed E-state index contributed by atoms with van der Waals surface area (Å²) in [5.41, 5.74) is -2.96. The molecule has 2 bridgehead atoms. The Hall–Kier alpha value is -2.63. The van der Waals surface area contributed by atoms with Gasteiger partial charge in [0.25, 0.3) is 0 Å². The van der Waals surface area contributed by atoms with Gasteiger partial charge in [-0.1, -0.05) is 50.1 Å². The van der Waals surface area contributed by atoms with Gasteiger partial charge < -0.3 is 28.8 Å². The van der Waals surface area contributed by atoms with Gasteiger partial charge in [-0.15, -0.1) is 0 Å². The van der Waals surface area contributed by atoms with Gasteiger partial charge in [-0.05, 0) is 51.3 Å². The lowest BCUT2D eigenvalue weighted by molar-refractivity contribution is -0.346. The van der Waals surface area contributed by atoms with Crippen LogP contribution in [0.3, 0.4) is 0 Å². The van der Waals surface area contributed by atoms with Crippen LogP contribution < -0.4 is 0 Å². The van der Waals surface area contributed by atoms with Gasteiger partial charge in [0, 0.05) is 44.9 Å². The first-order valence-electron chi connectivity index (χ1n) is 17.1. The third-order valence-corrected chi connectivity index (χ3v) is 12.5. The van der Waals surface area contributed by atoms with Gasteiger partial charge in [0.2, 0.25) is 0 Å². The van der Waals surface area contributed by atoms with Crippen LogP contribution in [0.25, 0.3) is 0 Å². The number of hydrogen-bond donors (Lipinski definition) is 1. The second-order valence-corrected chi connectivity index (χ2v) is 15.2. The highest BCUT2D eigenvalue weighted by Crippen LogP contribution is 2.66. The van der Waals surface area contributed by atoms with Crippen LogP contribution in [0, 0.1) is 28.6 Å². The maximum Gasteiger partial charge on any atom is 0.338 e. The molecule has 5 aliphatic rings. The fourth-order valence-corrected chi connectivity index (χ4v) is 9.89. The molecule has 258 valence electrons. The Bertz CT molecular complexity index is 1420. The number of rotatable bonds is 7. The molecule has 0 unspecified atom stereocenters. The third-order valence-electron chi connectivity index (χ3n) is 12.5. The van der Waals surface area contributed by atoms with Crippen molar-refractivity contribution in [3.8, 4) is 0 Å². The number of ketones is 1. The lowest BCUT2D eigenvalue weighted by Crippen LogP contribution is -2.81. The Balaban J connectivity index is 1.59. The Morgan fingerprint density at radius 1 is 1.11 bits per heavy atom. The van der Waals surface area contributed by atoms with Gasteiger partial charge in [-0.3, -0.25) is 14.5 Å². The highest BCUT2D eigenvalue weighted by atomic mass is 16.6. The molecule has 2 saturated carbocycles. The van der Waals surface area contributed by atoms with E-state index in [9.17, 15) is 14.7 Å². The number of fused-ring (bicyclic) bond motifs is 5. The van der Waals surface area contributed by atoms with Gasteiger partial charge >= 0.3 is 11.9 Å². The molecule has 9 atom stereocenters. The Morgan fingerprint density at radius 2 is 1.79 bits per heavy atom. The van der Waals surface area contributed by atoms with Crippen LogP contribution in [0.2, 0.25) is 0 Å². The quantitative estimate of drug-likeness (QED) is 0.342. The van der Waals surface area contributed by atoms with Crippen molar-refractivity contribution in [3.05, 3.63) is 47.0 Å². The lowest BCUT2D eigenvalue weighted by atomic mass is 9.43. The predicted octanol–water partition coefficient (Wildman–Crippen LogP) is 3.99. The molecule has 2 saturated heterocycles. The molecule has 0 amide bonds. The van der Waals surface area contributed by atoms with Crippen molar-refractivity contribution in [1.29, 1.82) is 0 Å². The fraction of sp³-hybridized carbons (Fsp3) is 0.703. The molecule has 2 heterocycles. The fourth-order valence-electron chi connectivity index (χ4n) is 9.89. The smallest absolute Gasteiger partial charge is 0.338 e. The summed E-state index contributed by atoms with van der Waals surface area (Å²) in [6, 6.07) is 8.66. The number of benzene rings is 1. The lowest BCUT2D eigenvalue weighted by Gasteiger charge is -2.68. The first-order chi connectivity index (χ1) is 22.2. The van der Waals surface area contributed by atoms with Crippen LogP contribution >= 0.6 is 0 Å². The van der Waals surface area contributed by atoms with Gasteiger partial charge in [-0.25, -0.2) is 4.79 Å². The Morgan fingerprint density at radius 3 is 2.38 bits per heavy atom. The normalized spacial score (nSPS) is 39.9. The predicted molar refractivity (Wildman–Crippen MR) is 172 cm³/mol. The molecule has 0 aromatic heterocycles. The average Bonchev–Trinajstić information content (AvgIpc) is 3.03. The average molecular weight is 654 g/mol. The molecule has 2 aliphatic heterocycles. The highest BCUT2D eigenvalue weighted by Gasteiger charge is 2.77. The number of esters is 2. The summed E-state index contributed by atoms with van der Waals surface area (Å²) in [6.07, 6.45) is -1.34. The molecule has 3 aliphatic carbocycles. The number of hydrogen-bond acceptors (Lipinski definition) is 10. The van der Waals surface area contributed by atoms with Crippen LogP contribution in [0.4, 0.5) is 0 Å². The minimum Gasteiger partial charge on any atom is -0.455 e. The number of nitrogens with zero attached hydrogens (tertiary/aromatic N) is 1. The van der Waals surface area contributed by atoms with E-state index in [4.69, 9.17) is 23.7 Å². The first-order valence-corrected chi connectivity index (χ1v) is 17.1. The Labute approximate surface area is 278 Å². The molecule has 1 N–H and O–H groups in total. The minimum atomic E-state index is -1.64. The van der Waals surface area contributed by atoms with Crippen LogP contribution in [-0.4, -0.2) is 104 Å². The standard InChI is InChI=1S/C37H51NO9/c1-22-20-37(42)32(46-33(41)25-11-9-8-10-12-25)30-35(6,27(43-7)19-28-36(30,21-45-28)47-24(3)39)31(40)26(29(23(22)2)34(37,4)5)13-14-38-15-17-44-18-16-38/h8-12,22,26-28,30,32,42H,13-21H2,1-7H3/t22-,26+,27-,28+,30-,32-,35+,36-,37+/m0/s1. The van der Waals surface area contributed by atoms with Gasteiger partial charge in [0.1, 0.15) is 23.6 Å². The number of carbonyl (C=O) groups excluding carboxylic acids is 3. The van der Waals surface area contributed by atoms with Gasteiger partial charge in [-0.2, -0.15) is 0 Å². The largest absolute Gasteiger partial charge is 0.455 e. The van der Waals surface area contributed by atoms with Crippen LogP contribution in [0.5, 0.6) is 0 Å². The number of methoxy groups -OCH3 is 1. The second-order valence-electron chi connectivity index (χ2n) is 15.2. The molecule has 47 heavy (non-hydrogen) atoms. The first kappa shape index (κ1) is 34.2. The number of allylic oxidation sites excluding steroid dienone is 1. The number of morpholine rings is 1. The van der Waals surface area contributed by atoms with E-state index in [-0.39, 0.29) is 18.3 Å². The van der Waals surface area contributed by atoms with Crippen molar-refractivity contribution < 1.29 is 43.2 Å². The Kier molecular flexibility index (Phi) is 9.00. The molecule has 0 radical (unpaired) electrons. The second kappa shape index (κ2) is 12.4. The minimum absolute atomic E-state index is 0.0207. The highest BCUT2D eigenvalue weighted by molar-refractivity contribution is 5.92. The molecule has 10 heteroatoms. The van der Waals surface area contributed by atoms with E-state index in [1.54, 1.807) is 31.4 Å². The summed E-state index contributed by atoms with van der Waals surface area (Å²) in [4.78, 5) is 44.9. The van der Waals surface area contributed by atoms with E-state index in [0.29, 0.717) is 44.6 Å². The molecule has 0 spiro atoms. The molecule has 6 rings (SSSR count). The van der Waals surface area contributed by atoms with Crippen molar-refractivity contribution in [2.45, 2.75) is 90.3 Å². The zero-order valence-corrected chi connectivity index (χ0v) is 28.9. The molecular formula is C37H51NO9.